The number of aromatic nitrogens is 1. The molecule has 1 aromatic heterocycles. The van der Waals surface area contributed by atoms with Gasteiger partial charge in [-0.05, 0) is 17.9 Å². The molecule has 0 amide bonds. The van der Waals surface area contributed by atoms with E-state index in [0.717, 1.165) is 27.1 Å². The summed E-state index contributed by atoms with van der Waals surface area (Å²) in [5.74, 6) is 0.981. The summed E-state index contributed by atoms with van der Waals surface area (Å²) in [7, 11) is 0. The highest BCUT2D eigenvalue weighted by Gasteiger charge is 2.05. The third-order valence-corrected chi connectivity index (χ3v) is 2.93. The topological polar surface area (TPSA) is 26.0 Å². The van der Waals surface area contributed by atoms with Crippen LogP contribution in [-0.2, 0) is 0 Å². The van der Waals surface area contributed by atoms with E-state index in [4.69, 9.17) is 16.1 Å². The van der Waals surface area contributed by atoms with E-state index >= 15 is 0 Å². The summed E-state index contributed by atoms with van der Waals surface area (Å²) in [4.78, 5) is 0. The lowest BCUT2D eigenvalue weighted by molar-refractivity contribution is 0.351. The van der Waals surface area contributed by atoms with Gasteiger partial charge in [-0.2, -0.15) is 0 Å². The zero-order valence-corrected chi connectivity index (χ0v) is 9.81. The Morgan fingerprint density at radius 2 is 2.07 bits per heavy atom. The number of benzene rings is 1. The van der Waals surface area contributed by atoms with Crippen molar-refractivity contribution in [3.8, 4) is 11.3 Å². The van der Waals surface area contributed by atoms with E-state index in [0.29, 0.717) is 0 Å². The molecule has 0 spiro atoms. The van der Waals surface area contributed by atoms with Crippen molar-refractivity contribution in [3.63, 3.8) is 0 Å². The zero-order valence-electron chi connectivity index (χ0n) is 8.24. The molecule has 0 fully saturated rings. The quantitative estimate of drug-likeness (QED) is 0.754. The first-order valence-electron chi connectivity index (χ1n) is 4.65. The predicted octanol–water partition coefficient (Wildman–Crippen LogP) is 4.11. The smallest absolute Gasteiger partial charge is 0.193 e. The maximum Gasteiger partial charge on any atom is 0.193 e. The van der Waals surface area contributed by atoms with Crippen molar-refractivity contribution in [1.82, 2.24) is 5.16 Å². The second-order valence-corrected chi connectivity index (χ2v) is 4.68. The van der Waals surface area contributed by atoms with Crippen molar-refractivity contribution in [2.24, 2.45) is 0 Å². The summed E-state index contributed by atoms with van der Waals surface area (Å²) in [6.07, 6.45) is 0. The van der Waals surface area contributed by atoms with Gasteiger partial charge >= 0.3 is 0 Å². The van der Waals surface area contributed by atoms with Gasteiger partial charge in [0.15, 0.2) is 5.09 Å². The van der Waals surface area contributed by atoms with Gasteiger partial charge < -0.3 is 4.52 Å². The molecule has 0 saturated carbocycles. The van der Waals surface area contributed by atoms with Gasteiger partial charge in [0.1, 0.15) is 5.69 Å². The standard InChI is InChI=1S/C11H10ClNOS/c1-2-15-11-7-10(13-14-11)8-3-5-9(12)6-4-8/h3-7H,2H2,1H3. The Hall–Kier alpha value is -0.930. The van der Waals surface area contributed by atoms with E-state index in [1.165, 1.54) is 0 Å². The summed E-state index contributed by atoms with van der Waals surface area (Å²) in [5.41, 5.74) is 1.87. The summed E-state index contributed by atoms with van der Waals surface area (Å²) in [6, 6.07) is 9.50. The van der Waals surface area contributed by atoms with Crippen LogP contribution in [0.3, 0.4) is 0 Å². The number of halogens is 1. The van der Waals surface area contributed by atoms with E-state index in [1.54, 1.807) is 11.8 Å². The maximum absolute atomic E-state index is 5.81. The van der Waals surface area contributed by atoms with Crippen LogP contribution in [0.4, 0.5) is 0 Å². The Morgan fingerprint density at radius 1 is 1.33 bits per heavy atom. The lowest BCUT2D eigenvalue weighted by Gasteiger charge is -1.93. The molecule has 15 heavy (non-hydrogen) atoms. The van der Waals surface area contributed by atoms with Gasteiger partial charge in [-0.25, -0.2) is 0 Å². The molecule has 0 N–H and O–H groups in total. The van der Waals surface area contributed by atoms with Crippen molar-refractivity contribution in [2.75, 3.05) is 5.75 Å². The Labute approximate surface area is 97.6 Å². The summed E-state index contributed by atoms with van der Waals surface area (Å²) >= 11 is 7.44. The molecular weight excluding hydrogens is 230 g/mol. The Kier molecular flexibility index (Phi) is 3.34. The molecule has 0 saturated heterocycles. The fourth-order valence-corrected chi connectivity index (χ4v) is 1.92. The van der Waals surface area contributed by atoms with Gasteiger partial charge in [-0.3, -0.25) is 0 Å². The molecule has 0 radical (unpaired) electrons. The number of rotatable bonds is 3. The van der Waals surface area contributed by atoms with Gasteiger partial charge in [-0.15, -0.1) is 0 Å². The average molecular weight is 240 g/mol. The van der Waals surface area contributed by atoms with Crippen molar-refractivity contribution >= 4 is 23.4 Å². The molecule has 0 atom stereocenters. The third kappa shape index (κ3) is 2.55. The first-order chi connectivity index (χ1) is 7.29. The minimum absolute atomic E-state index is 0.727. The molecule has 0 unspecified atom stereocenters. The van der Waals surface area contributed by atoms with E-state index in [2.05, 4.69) is 12.1 Å². The molecule has 0 bridgehead atoms. The highest BCUT2D eigenvalue weighted by atomic mass is 35.5. The van der Waals surface area contributed by atoms with Crippen LogP contribution in [0.25, 0.3) is 11.3 Å². The monoisotopic (exact) mass is 239 g/mol. The molecule has 0 aliphatic rings. The van der Waals surface area contributed by atoms with E-state index in [-0.39, 0.29) is 0 Å². The zero-order chi connectivity index (χ0) is 10.7. The van der Waals surface area contributed by atoms with Crippen molar-refractivity contribution in [3.05, 3.63) is 35.4 Å². The molecule has 2 aromatic rings. The molecule has 0 aliphatic heterocycles. The molecule has 2 nitrogen and oxygen atoms in total. The van der Waals surface area contributed by atoms with E-state index in [9.17, 15) is 0 Å². The lowest BCUT2D eigenvalue weighted by atomic mass is 10.2. The molecule has 1 heterocycles. The van der Waals surface area contributed by atoms with Crippen molar-refractivity contribution in [1.29, 1.82) is 0 Å². The Balaban J connectivity index is 2.25. The van der Waals surface area contributed by atoms with Crippen molar-refractivity contribution < 1.29 is 4.52 Å². The molecule has 78 valence electrons. The summed E-state index contributed by atoms with van der Waals surface area (Å²) < 4.78 is 5.17. The van der Waals surface area contributed by atoms with Gasteiger partial charge in [0.05, 0.1) is 0 Å². The minimum atomic E-state index is 0.727. The molecule has 2 rings (SSSR count). The first-order valence-corrected chi connectivity index (χ1v) is 6.01. The van der Waals surface area contributed by atoms with Crippen LogP contribution >= 0.6 is 23.4 Å². The minimum Gasteiger partial charge on any atom is -0.349 e. The van der Waals surface area contributed by atoms with Gasteiger partial charge in [0.25, 0.3) is 0 Å². The van der Waals surface area contributed by atoms with E-state index < -0.39 is 0 Å². The number of hydrogen-bond acceptors (Lipinski definition) is 3. The number of hydrogen-bond donors (Lipinski definition) is 0. The van der Waals surface area contributed by atoms with Gasteiger partial charge in [0, 0.05) is 16.7 Å². The van der Waals surface area contributed by atoms with Gasteiger partial charge in [0.2, 0.25) is 0 Å². The predicted molar refractivity (Wildman–Crippen MR) is 63.3 cm³/mol. The highest BCUT2D eigenvalue weighted by molar-refractivity contribution is 7.99. The SMILES string of the molecule is CCSc1cc(-c2ccc(Cl)cc2)no1. The number of nitrogens with zero attached hydrogens (tertiary/aromatic N) is 1. The maximum atomic E-state index is 5.81. The van der Waals surface area contributed by atoms with Crippen LogP contribution in [0.15, 0.2) is 39.9 Å². The highest BCUT2D eigenvalue weighted by Crippen LogP contribution is 2.25. The first kappa shape index (κ1) is 10.6. The van der Waals surface area contributed by atoms with Crippen LogP contribution in [-0.4, -0.2) is 10.9 Å². The largest absolute Gasteiger partial charge is 0.349 e. The van der Waals surface area contributed by atoms with Crippen LogP contribution < -0.4 is 0 Å². The Morgan fingerprint density at radius 3 is 2.73 bits per heavy atom. The Bertz CT molecular complexity index is 438. The second kappa shape index (κ2) is 4.73. The van der Waals surface area contributed by atoms with Gasteiger partial charge in [-0.1, -0.05) is 47.6 Å². The average Bonchev–Trinajstić information content (AvgIpc) is 2.68. The second-order valence-electron chi connectivity index (χ2n) is 2.97. The number of thioether (sulfide) groups is 1. The lowest BCUT2D eigenvalue weighted by Crippen LogP contribution is -1.74. The molecule has 4 heteroatoms. The summed E-state index contributed by atoms with van der Waals surface area (Å²) in [5, 5.41) is 5.57. The molecule has 0 aliphatic carbocycles. The molecule has 1 aromatic carbocycles. The van der Waals surface area contributed by atoms with Crippen molar-refractivity contribution in [2.45, 2.75) is 12.0 Å². The normalized spacial score (nSPS) is 10.5. The van der Waals surface area contributed by atoms with Crippen LogP contribution in [0, 0.1) is 0 Å². The fraction of sp³-hybridized carbons (Fsp3) is 0.182. The van der Waals surface area contributed by atoms with Crippen LogP contribution in [0.2, 0.25) is 5.02 Å². The molecular formula is C11H10ClNOS. The fourth-order valence-electron chi connectivity index (χ4n) is 1.23. The third-order valence-electron chi connectivity index (χ3n) is 1.92. The van der Waals surface area contributed by atoms with Crippen LogP contribution in [0.5, 0.6) is 0 Å². The van der Waals surface area contributed by atoms with E-state index in [1.807, 2.05) is 30.3 Å². The summed E-state index contributed by atoms with van der Waals surface area (Å²) in [6.45, 7) is 2.08. The van der Waals surface area contributed by atoms with Crippen LogP contribution in [0.1, 0.15) is 6.92 Å².